The summed E-state index contributed by atoms with van der Waals surface area (Å²) in [7, 11) is 0. The van der Waals surface area contributed by atoms with Gasteiger partial charge in [-0.15, -0.1) is 0 Å². The van der Waals surface area contributed by atoms with Crippen molar-refractivity contribution in [1.82, 2.24) is 19.8 Å². The molecule has 1 aliphatic rings. The van der Waals surface area contributed by atoms with E-state index in [0.717, 1.165) is 23.5 Å². The van der Waals surface area contributed by atoms with Gasteiger partial charge in [-0.05, 0) is 31.5 Å². The van der Waals surface area contributed by atoms with Crippen molar-refractivity contribution < 1.29 is 14.3 Å². The van der Waals surface area contributed by atoms with E-state index < -0.39 is 12.0 Å². The molecule has 4 rings (SSSR count). The smallest absolute Gasteiger partial charge is 0.328 e. The highest BCUT2D eigenvalue weighted by Crippen LogP contribution is 2.25. The number of piperazine rings is 1. The molecular weight excluding hydrogens is 406 g/mol. The Bertz CT molecular complexity index is 1070. The number of hydrogen-bond donors (Lipinski definition) is 1. The van der Waals surface area contributed by atoms with E-state index in [9.17, 15) is 9.59 Å². The second-order valence-electron chi connectivity index (χ2n) is 7.87. The van der Waals surface area contributed by atoms with Gasteiger partial charge in [0.2, 0.25) is 5.95 Å². The van der Waals surface area contributed by atoms with Crippen LogP contribution < -0.4 is 10.2 Å². The summed E-state index contributed by atoms with van der Waals surface area (Å²) in [5.41, 5.74) is 3.26. The molecule has 0 saturated carbocycles. The highest BCUT2D eigenvalue weighted by Gasteiger charge is 2.27. The SMILES string of the molecule is CCOC(=O)[C@H](C)NC(=O)N1CCN(c2nc3ccccc3n2Cc2ccccc2)CC1. The van der Waals surface area contributed by atoms with E-state index in [1.165, 1.54) is 5.56 Å². The fourth-order valence-electron chi connectivity index (χ4n) is 3.94. The maximum absolute atomic E-state index is 12.6. The Kier molecular flexibility index (Phi) is 6.58. The number of carbonyl (C=O) groups excluding carboxylic acids is 2. The number of anilines is 1. The maximum Gasteiger partial charge on any atom is 0.328 e. The van der Waals surface area contributed by atoms with Crippen molar-refractivity contribution in [2.75, 3.05) is 37.7 Å². The van der Waals surface area contributed by atoms with E-state index in [0.29, 0.717) is 32.8 Å². The van der Waals surface area contributed by atoms with Gasteiger partial charge in [0.05, 0.1) is 24.2 Å². The molecule has 8 heteroatoms. The van der Waals surface area contributed by atoms with Crippen LogP contribution in [0.2, 0.25) is 0 Å². The number of aromatic nitrogens is 2. The van der Waals surface area contributed by atoms with Crippen LogP contribution in [-0.2, 0) is 16.1 Å². The molecule has 2 amide bonds. The van der Waals surface area contributed by atoms with Crippen LogP contribution in [-0.4, -0.2) is 65.3 Å². The number of para-hydroxylation sites is 2. The predicted molar refractivity (Wildman–Crippen MR) is 124 cm³/mol. The molecule has 0 unspecified atom stereocenters. The summed E-state index contributed by atoms with van der Waals surface area (Å²) in [6.07, 6.45) is 0. The normalized spacial score (nSPS) is 14.9. The monoisotopic (exact) mass is 435 g/mol. The number of imidazole rings is 1. The van der Waals surface area contributed by atoms with Crippen molar-refractivity contribution in [3.63, 3.8) is 0 Å². The zero-order valence-corrected chi connectivity index (χ0v) is 18.5. The third-order valence-electron chi connectivity index (χ3n) is 5.65. The van der Waals surface area contributed by atoms with Crippen LogP contribution in [0.1, 0.15) is 19.4 Å². The number of fused-ring (bicyclic) bond motifs is 1. The number of ether oxygens (including phenoxy) is 1. The first-order chi connectivity index (χ1) is 15.6. The molecule has 8 nitrogen and oxygen atoms in total. The van der Waals surface area contributed by atoms with Crippen LogP contribution in [0.5, 0.6) is 0 Å². The molecule has 1 N–H and O–H groups in total. The summed E-state index contributed by atoms with van der Waals surface area (Å²) >= 11 is 0. The number of nitrogens with one attached hydrogen (secondary N) is 1. The van der Waals surface area contributed by atoms with Crippen LogP contribution >= 0.6 is 0 Å². The zero-order valence-electron chi connectivity index (χ0n) is 18.5. The van der Waals surface area contributed by atoms with Gasteiger partial charge in [-0.2, -0.15) is 0 Å². The Balaban J connectivity index is 1.46. The third-order valence-corrected chi connectivity index (χ3v) is 5.65. The van der Waals surface area contributed by atoms with Gasteiger partial charge in [0.25, 0.3) is 0 Å². The molecule has 0 aliphatic carbocycles. The molecule has 3 aromatic rings. The lowest BCUT2D eigenvalue weighted by Crippen LogP contribution is -2.54. The zero-order chi connectivity index (χ0) is 22.5. The lowest BCUT2D eigenvalue weighted by molar-refractivity contribution is -0.144. The summed E-state index contributed by atoms with van der Waals surface area (Å²) in [6.45, 7) is 6.84. The maximum atomic E-state index is 12.6. The largest absolute Gasteiger partial charge is 0.464 e. The highest BCUT2D eigenvalue weighted by atomic mass is 16.5. The number of benzene rings is 2. The van der Waals surface area contributed by atoms with E-state index in [-0.39, 0.29) is 6.03 Å². The number of carbonyl (C=O) groups is 2. The predicted octanol–water partition coefficient (Wildman–Crippen LogP) is 2.87. The average Bonchev–Trinajstić information content (AvgIpc) is 3.18. The first-order valence-corrected chi connectivity index (χ1v) is 11.0. The van der Waals surface area contributed by atoms with Gasteiger partial charge in [-0.3, -0.25) is 0 Å². The van der Waals surface area contributed by atoms with Crippen LogP contribution in [0.3, 0.4) is 0 Å². The van der Waals surface area contributed by atoms with Crippen molar-refractivity contribution in [1.29, 1.82) is 0 Å². The van der Waals surface area contributed by atoms with Crippen molar-refractivity contribution in [2.45, 2.75) is 26.4 Å². The van der Waals surface area contributed by atoms with Crippen molar-refractivity contribution in [3.8, 4) is 0 Å². The van der Waals surface area contributed by atoms with Gasteiger partial charge >= 0.3 is 12.0 Å². The van der Waals surface area contributed by atoms with E-state index >= 15 is 0 Å². The molecule has 32 heavy (non-hydrogen) atoms. The summed E-state index contributed by atoms with van der Waals surface area (Å²) in [5.74, 6) is 0.490. The molecule has 0 bridgehead atoms. The van der Waals surface area contributed by atoms with Gasteiger partial charge in [0, 0.05) is 26.2 Å². The Labute approximate surface area is 187 Å². The van der Waals surface area contributed by atoms with Crippen molar-refractivity contribution >= 4 is 29.0 Å². The molecule has 0 spiro atoms. The lowest BCUT2D eigenvalue weighted by Gasteiger charge is -2.35. The summed E-state index contributed by atoms with van der Waals surface area (Å²) in [5, 5.41) is 2.73. The van der Waals surface area contributed by atoms with Gasteiger partial charge in [0.15, 0.2) is 0 Å². The van der Waals surface area contributed by atoms with E-state index in [4.69, 9.17) is 9.72 Å². The Morgan fingerprint density at radius 1 is 1.03 bits per heavy atom. The number of esters is 1. The Morgan fingerprint density at radius 3 is 2.44 bits per heavy atom. The molecule has 1 aliphatic heterocycles. The minimum absolute atomic E-state index is 0.247. The summed E-state index contributed by atoms with van der Waals surface area (Å²) in [6, 6.07) is 17.6. The molecule has 168 valence electrons. The number of nitrogens with zero attached hydrogens (tertiary/aromatic N) is 4. The molecule has 2 heterocycles. The fourth-order valence-corrected chi connectivity index (χ4v) is 3.94. The third kappa shape index (κ3) is 4.69. The number of hydrogen-bond acceptors (Lipinski definition) is 5. The van der Waals surface area contributed by atoms with Crippen molar-refractivity contribution in [3.05, 3.63) is 60.2 Å². The van der Waals surface area contributed by atoms with Gasteiger partial charge in [0.1, 0.15) is 6.04 Å². The van der Waals surface area contributed by atoms with Crippen LogP contribution in [0, 0.1) is 0 Å². The summed E-state index contributed by atoms with van der Waals surface area (Å²) < 4.78 is 7.21. The molecular formula is C24H29N5O3. The molecule has 1 fully saturated rings. The van der Waals surface area contributed by atoms with Crippen molar-refractivity contribution in [2.24, 2.45) is 0 Å². The van der Waals surface area contributed by atoms with Crippen LogP contribution in [0.25, 0.3) is 11.0 Å². The van der Waals surface area contributed by atoms with Gasteiger partial charge < -0.3 is 24.4 Å². The van der Waals surface area contributed by atoms with E-state index in [1.54, 1.807) is 18.7 Å². The number of urea groups is 1. The van der Waals surface area contributed by atoms with E-state index in [1.807, 2.05) is 36.4 Å². The lowest BCUT2D eigenvalue weighted by atomic mass is 10.2. The van der Waals surface area contributed by atoms with Gasteiger partial charge in [-0.1, -0.05) is 42.5 Å². The minimum Gasteiger partial charge on any atom is -0.464 e. The molecule has 2 aromatic carbocycles. The van der Waals surface area contributed by atoms with Crippen LogP contribution in [0.15, 0.2) is 54.6 Å². The van der Waals surface area contributed by atoms with Crippen LogP contribution in [0.4, 0.5) is 10.7 Å². The standard InChI is InChI=1S/C24H29N5O3/c1-3-32-22(30)18(2)25-24(31)28-15-13-27(14-16-28)23-26-20-11-7-8-12-21(20)29(23)17-19-9-5-4-6-10-19/h4-12,18H,3,13-17H2,1-2H3,(H,25,31)/t18-/m0/s1. The minimum atomic E-state index is -0.671. The Morgan fingerprint density at radius 2 is 1.72 bits per heavy atom. The molecule has 1 aromatic heterocycles. The molecule has 0 radical (unpaired) electrons. The topological polar surface area (TPSA) is 79.7 Å². The number of rotatable bonds is 6. The number of amides is 2. The Hall–Kier alpha value is -3.55. The first kappa shape index (κ1) is 21.7. The second-order valence-corrected chi connectivity index (χ2v) is 7.87. The molecule has 1 atom stereocenters. The second kappa shape index (κ2) is 9.72. The average molecular weight is 436 g/mol. The summed E-state index contributed by atoms with van der Waals surface area (Å²) in [4.78, 5) is 33.2. The quantitative estimate of drug-likeness (QED) is 0.603. The fraction of sp³-hybridized carbons (Fsp3) is 0.375. The van der Waals surface area contributed by atoms with E-state index in [2.05, 4.69) is 33.0 Å². The molecule has 1 saturated heterocycles. The first-order valence-electron chi connectivity index (χ1n) is 11.0. The van der Waals surface area contributed by atoms with Gasteiger partial charge in [-0.25, -0.2) is 14.6 Å². The highest BCUT2D eigenvalue weighted by molar-refractivity contribution is 5.83.